The number of carbonyl (C=O) groups excluding carboxylic acids is 1. The second-order valence-corrected chi connectivity index (χ2v) is 6.21. The zero-order valence-electron chi connectivity index (χ0n) is 14.2. The van der Waals surface area contributed by atoms with Gasteiger partial charge in [-0.15, -0.1) is 0 Å². The van der Waals surface area contributed by atoms with Gasteiger partial charge in [0, 0.05) is 12.1 Å². The summed E-state index contributed by atoms with van der Waals surface area (Å²) in [6.45, 7) is 5.71. The largest absolute Gasteiger partial charge is 0.481 e. The van der Waals surface area contributed by atoms with E-state index in [4.69, 9.17) is 0 Å². The van der Waals surface area contributed by atoms with Crippen LogP contribution in [0.25, 0.3) is 0 Å². The molecule has 126 valence electrons. The zero-order chi connectivity index (χ0) is 17.7. The van der Waals surface area contributed by atoms with E-state index >= 15 is 0 Å². The third-order valence-electron chi connectivity index (χ3n) is 4.32. The minimum absolute atomic E-state index is 0.0568. The standard InChI is InChI=1S/C20H23NO3/c1-13-9-10-14(2)18(11-13)21-19(22)12-17(20(23)24)15(3)16-7-5-4-6-8-16/h4-11,15,17H,12H2,1-3H3,(H,21,22)(H,23,24)/t15-,17+/m1/s1. The van der Waals surface area contributed by atoms with E-state index in [0.29, 0.717) is 0 Å². The molecule has 1 amide bonds. The monoisotopic (exact) mass is 325 g/mol. The first-order chi connectivity index (χ1) is 11.4. The van der Waals surface area contributed by atoms with Gasteiger partial charge in [-0.1, -0.05) is 49.4 Å². The summed E-state index contributed by atoms with van der Waals surface area (Å²) in [5.41, 5.74) is 3.65. The fraction of sp³-hybridized carbons (Fsp3) is 0.300. The lowest BCUT2D eigenvalue weighted by Crippen LogP contribution is -2.26. The Morgan fingerprint density at radius 3 is 2.38 bits per heavy atom. The lowest BCUT2D eigenvalue weighted by Gasteiger charge is -2.20. The van der Waals surface area contributed by atoms with Crippen LogP contribution in [-0.2, 0) is 9.59 Å². The number of benzene rings is 2. The second kappa shape index (κ2) is 7.77. The van der Waals surface area contributed by atoms with Crippen molar-refractivity contribution < 1.29 is 14.7 Å². The number of hydrogen-bond donors (Lipinski definition) is 2. The van der Waals surface area contributed by atoms with Crippen LogP contribution < -0.4 is 5.32 Å². The summed E-state index contributed by atoms with van der Waals surface area (Å²) in [7, 11) is 0. The molecule has 0 bridgehead atoms. The Bertz CT molecular complexity index is 725. The van der Waals surface area contributed by atoms with Crippen molar-refractivity contribution >= 4 is 17.6 Å². The number of hydrogen-bond acceptors (Lipinski definition) is 2. The number of carboxylic acids is 1. The SMILES string of the molecule is Cc1ccc(C)c(NC(=O)C[C@H](C(=O)O)[C@H](C)c2ccccc2)c1. The molecule has 2 atom stereocenters. The van der Waals surface area contributed by atoms with Crippen molar-refractivity contribution in [2.24, 2.45) is 5.92 Å². The smallest absolute Gasteiger partial charge is 0.307 e. The Labute approximate surface area is 142 Å². The van der Waals surface area contributed by atoms with Gasteiger partial charge < -0.3 is 10.4 Å². The lowest BCUT2D eigenvalue weighted by atomic mass is 9.85. The van der Waals surface area contributed by atoms with Crippen LogP contribution in [-0.4, -0.2) is 17.0 Å². The highest BCUT2D eigenvalue weighted by molar-refractivity contribution is 5.94. The minimum atomic E-state index is -0.956. The highest BCUT2D eigenvalue weighted by Crippen LogP contribution is 2.28. The molecule has 2 aromatic rings. The van der Waals surface area contributed by atoms with Crippen LogP contribution in [0.2, 0.25) is 0 Å². The maximum Gasteiger partial charge on any atom is 0.307 e. The molecule has 0 aliphatic carbocycles. The average molecular weight is 325 g/mol. The molecule has 0 aliphatic rings. The molecule has 0 radical (unpaired) electrons. The summed E-state index contributed by atoms with van der Waals surface area (Å²) in [6, 6.07) is 15.2. The van der Waals surface area contributed by atoms with Crippen LogP contribution in [0.15, 0.2) is 48.5 Å². The van der Waals surface area contributed by atoms with Gasteiger partial charge in [0.15, 0.2) is 0 Å². The molecule has 0 saturated heterocycles. The number of carboxylic acid groups (broad SMARTS) is 1. The summed E-state index contributed by atoms with van der Waals surface area (Å²) in [4.78, 5) is 24.0. The van der Waals surface area contributed by atoms with Gasteiger partial charge in [-0.05, 0) is 42.5 Å². The number of aryl methyl sites for hydroxylation is 2. The normalized spacial score (nSPS) is 13.1. The van der Waals surface area contributed by atoms with Gasteiger partial charge >= 0.3 is 5.97 Å². The van der Waals surface area contributed by atoms with Crippen LogP contribution in [0, 0.1) is 19.8 Å². The first kappa shape index (κ1) is 17.7. The highest BCUT2D eigenvalue weighted by atomic mass is 16.4. The third-order valence-corrected chi connectivity index (χ3v) is 4.32. The molecule has 0 fully saturated rings. The Morgan fingerprint density at radius 2 is 1.75 bits per heavy atom. The van der Waals surface area contributed by atoms with E-state index in [0.717, 1.165) is 22.4 Å². The van der Waals surface area contributed by atoms with Crippen molar-refractivity contribution in [1.82, 2.24) is 0 Å². The predicted molar refractivity (Wildman–Crippen MR) is 95.1 cm³/mol. The van der Waals surface area contributed by atoms with Crippen LogP contribution in [0.3, 0.4) is 0 Å². The number of carbonyl (C=O) groups is 2. The summed E-state index contributed by atoms with van der Waals surface area (Å²) < 4.78 is 0. The van der Waals surface area contributed by atoms with E-state index in [1.165, 1.54) is 0 Å². The quantitative estimate of drug-likeness (QED) is 0.839. The molecule has 2 N–H and O–H groups in total. The van der Waals surface area contributed by atoms with Crippen LogP contribution in [0.1, 0.15) is 36.0 Å². The van der Waals surface area contributed by atoms with Crippen molar-refractivity contribution in [1.29, 1.82) is 0 Å². The predicted octanol–water partition coefficient (Wildman–Crippen LogP) is 4.14. The molecule has 0 aromatic heterocycles. The van der Waals surface area contributed by atoms with Crippen molar-refractivity contribution in [3.63, 3.8) is 0 Å². The Balaban J connectivity index is 2.11. The summed E-state index contributed by atoms with van der Waals surface area (Å²) in [5, 5.41) is 12.4. The third kappa shape index (κ3) is 4.44. The van der Waals surface area contributed by atoms with E-state index in [-0.39, 0.29) is 18.2 Å². The van der Waals surface area contributed by atoms with E-state index in [1.54, 1.807) is 0 Å². The van der Waals surface area contributed by atoms with E-state index in [1.807, 2.05) is 69.3 Å². The van der Waals surface area contributed by atoms with Crippen LogP contribution >= 0.6 is 0 Å². The van der Waals surface area contributed by atoms with Crippen molar-refractivity contribution in [3.05, 3.63) is 65.2 Å². The zero-order valence-corrected chi connectivity index (χ0v) is 14.2. The molecule has 2 aromatic carbocycles. The van der Waals surface area contributed by atoms with Gasteiger partial charge in [-0.25, -0.2) is 0 Å². The number of anilines is 1. The molecule has 0 unspecified atom stereocenters. The van der Waals surface area contributed by atoms with Crippen molar-refractivity contribution in [2.45, 2.75) is 33.1 Å². The van der Waals surface area contributed by atoms with Gasteiger partial charge in [0.1, 0.15) is 0 Å². The van der Waals surface area contributed by atoms with Crippen molar-refractivity contribution in [2.75, 3.05) is 5.32 Å². The molecule has 0 heterocycles. The van der Waals surface area contributed by atoms with E-state index < -0.39 is 11.9 Å². The first-order valence-electron chi connectivity index (χ1n) is 8.03. The van der Waals surface area contributed by atoms with Crippen molar-refractivity contribution in [3.8, 4) is 0 Å². The summed E-state index contributed by atoms with van der Waals surface area (Å²) in [5.74, 6) is -2.24. The summed E-state index contributed by atoms with van der Waals surface area (Å²) >= 11 is 0. The molecular weight excluding hydrogens is 302 g/mol. The minimum Gasteiger partial charge on any atom is -0.481 e. The first-order valence-corrected chi connectivity index (χ1v) is 8.03. The molecule has 2 rings (SSSR count). The molecule has 4 nitrogen and oxygen atoms in total. The van der Waals surface area contributed by atoms with Gasteiger partial charge in [-0.2, -0.15) is 0 Å². The molecule has 24 heavy (non-hydrogen) atoms. The molecule has 0 spiro atoms. The average Bonchev–Trinajstić information content (AvgIpc) is 2.56. The van der Waals surface area contributed by atoms with E-state index in [9.17, 15) is 14.7 Å². The van der Waals surface area contributed by atoms with Crippen LogP contribution in [0.5, 0.6) is 0 Å². The van der Waals surface area contributed by atoms with Gasteiger partial charge in [0.25, 0.3) is 0 Å². The topological polar surface area (TPSA) is 66.4 Å². The number of amides is 1. The number of aliphatic carboxylic acids is 1. The summed E-state index contributed by atoms with van der Waals surface area (Å²) in [6.07, 6.45) is -0.0568. The highest BCUT2D eigenvalue weighted by Gasteiger charge is 2.28. The Hall–Kier alpha value is -2.62. The number of nitrogens with one attached hydrogen (secondary N) is 1. The maximum absolute atomic E-state index is 12.4. The lowest BCUT2D eigenvalue weighted by molar-refractivity contribution is -0.144. The van der Waals surface area contributed by atoms with Gasteiger partial charge in [0.2, 0.25) is 5.91 Å². The van der Waals surface area contributed by atoms with Crippen LogP contribution in [0.4, 0.5) is 5.69 Å². The fourth-order valence-electron chi connectivity index (χ4n) is 2.74. The van der Waals surface area contributed by atoms with Gasteiger partial charge in [-0.3, -0.25) is 9.59 Å². The Kier molecular flexibility index (Phi) is 5.74. The Morgan fingerprint density at radius 1 is 1.08 bits per heavy atom. The maximum atomic E-state index is 12.4. The van der Waals surface area contributed by atoms with E-state index in [2.05, 4.69) is 5.32 Å². The fourth-order valence-corrected chi connectivity index (χ4v) is 2.74. The second-order valence-electron chi connectivity index (χ2n) is 6.21. The van der Waals surface area contributed by atoms with Gasteiger partial charge in [0.05, 0.1) is 5.92 Å². The molecular formula is C20H23NO3. The molecule has 0 aliphatic heterocycles. The molecule has 0 saturated carbocycles. The number of rotatable bonds is 6. The molecule has 4 heteroatoms.